The van der Waals surface area contributed by atoms with Crippen molar-refractivity contribution in [3.8, 4) is 5.75 Å². The van der Waals surface area contributed by atoms with E-state index in [0.717, 1.165) is 5.56 Å². The number of ketones is 1. The second-order valence-electron chi connectivity index (χ2n) is 9.13. The average Bonchev–Trinajstić information content (AvgIpc) is 3.46. The molecule has 0 bridgehead atoms. The van der Waals surface area contributed by atoms with Crippen molar-refractivity contribution in [1.29, 1.82) is 0 Å². The van der Waals surface area contributed by atoms with Gasteiger partial charge in [-0.05, 0) is 66.4 Å². The molecule has 0 radical (unpaired) electrons. The van der Waals surface area contributed by atoms with Gasteiger partial charge in [-0.3, -0.25) is 9.59 Å². The molecule has 0 spiro atoms. The Morgan fingerprint density at radius 3 is 2.33 bits per heavy atom. The number of benzene rings is 2. The van der Waals surface area contributed by atoms with Crippen molar-refractivity contribution in [3.05, 3.63) is 94.4 Å². The average molecular weight is 490 g/mol. The molecule has 3 aromatic rings. The predicted octanol–water partition coefficient (Wildman–Crippen LogP) is 4.94. The number of aryl methyl sites for hydroxylation is 1. The number of aliphatic hydroxyl groups excluding tert-OH is 1. The number of hydrogen-bond acceptors (Lipinski definition) is 6. The first-order chi connectivity index (χ1) is 17.2. The molecular weight excluding hydrogens is 462 g/mol. The number of ether oxygens (including phenoxy) is 1. The van der Waals surface area contributed by atoms with Crippen LogP contribution in [0.3, 0.4) is 0 Å². The Morgan fingerprint density at radius 1 is 1.06 bits per heavy atom. The molecule has 8 heteroatoms. The lowest BCUT2D eigenvalue weighted by atomic mass is 9.98. The lowest BCUT2D eigenvalue weighted by molar-refractivity contribution is -0.140. The van der Waals surface area contributed by atoms with E-state index in [1.54, 1.807) is 42.5 Å². The van der Waals surface area contributed by atoms with Gasteiger partial charge in [-0.25, -0.2) is 4.79 Å². The number of rotatable bonds is 8. The molecule has 1 fully saturated rings. The minimum atomic E-state index is -1.06. The molecule has 1 aliphatic rings. The van der Waals surface area contributed by atoms with E-state index >= 15 is 0 Å². The molecule has 0 aliphatic carbocycles. The van der Waals surface area contributed by atoms with Crippen LogP contribution >= 0.6 is 0 Å². The third-order valence-corrected chi connectivity index (χ3v) is 5.93. The molecule has 186 valence electrons. The summed E-state index contributed by atoms with van der Waals surface area (Å²) >= 11 is 0. The molecular formula is C28H27NO7. The molecule has 4 rings (SSSR count). The maximum atomic E-state index is 13.1. The van der Waals surface area contributed by atoms with E-state index in [4.69, 9.17) is 14.3 Å². The van der Waals surface area contributed by atoms with Crippen LogP contribution in [-0.2, 0) is 16.1 Å². The van der Waals surface area contributed by atoms with Crippen molar-refractivity contribution in [2.24, 2.45) is 5.92 Å². The Labute approximate surface area is 208 Å². The van der Waals surface area contributed by atoms with Gasteiger partial charge >= 0.3 is 5.97 Å². The number of likely N-dealkylation sites (tertiary alicyclic amines) is 1. The summed E-state index contributed by atoms with van der Waals surface area (Å²) < 4.78 is 11.4. The summed E-state index contributed by atoms with van der Waals surface area (Å²) in [5.74, 6) is -1.63. The van der Waals surface area contributed by atoms with Crippen LogP contribution in [0.4, 0.5) is 0 Å². The van der Waals surface area contributed by atoms with Gasteiger partial charge in [0.2, 0.25) is 0 Å². The van der Waals surface area contributed by atoms with Gasteiger partial charge in [0.25, 0.3) is 11.7 Å². The zero-order chi connectivity index (χ0) is 26.0. The van der Waals surface area contributed by atoms with Crippen LogP contribution in [0.5, 0.6) is 5.75 Å². The molecule has 1 atom stereocenters. The van der Waals surface area contributed by atoms with Gasteiger partial charge in [-0.15, -0.1) is 0 Å². The van der Waals surface area contributed by atoms with E-state index in [0.29, 0.717) is 35.2 Å². The highest BCUT2D eigenvalue weighted by Crippen LogP contribution is 2.40. The summed E-state index contributed by atoms with van der Waals surface area (Å²) in [5.41, 5.74) is 1.82. The Balaban J connectivity index is 1.72. The SMILES string of the molecule is Cc1cc(/C(O)=C2/C(=O)C(=O)N(Cc3ccc(C(=O)O)cc3)C2c2ccco2)ccc1OCC(C)C. The van der Waals surface area contributed by atoms with Crippen molar-refractivity contribution in [2.75, 3.05) is 6.61 Å². The van der Waals surface area contributed by atoms with E-state index in [1.807, 2.05) is 20.8 Å². The second kappa shape index (κ2) is 10.1. The smallest absolute Gasteiger partial charge is 0.335 e. The summed E-state index contributed by atoms with van der Waals surface area (Å²) in [6.07, 6.45) is 1.43. The topological polar surface area (TPSA) is 117 Å². The fourth-order valence-corrected chi connectivity index (χ4v) is 4.11. The number of carbonyl (C=O) groups excluding carboxylic acids is 2. The van der Waals surface area contributed by atoms with E-state index in [1.165, 1.54) is 23.3 Å². The largest absolute Gasteiger partial charge is 0.507 e. The van der Waals surface area contributed by atoms with Crippen LogP contribution < -0.4 is 4.74 Å². The molecule has 2 heterocycles. The van der Waals surface area contributed by atoms with Crippen molar-refractivity contribution in [1.82, 2.24) is 4.90 Å². The molecule has 1 amide bonds. The van der Waals surface area contributed by atoms with E-state index in [-0.39, 0.29) is 23.4 Å². The summed E-state index contributed by atoms with van der Waals surface area (Å²) in [5, 5.41) is 20.4. The first-order valence-corrected chi connectivity index (χ1v) is 11.5. The maximum absolute atomic E-state index is 13.1. The zero-order valence-electron chi connectivity index (χ0n) is 20.2. The van der Waals surface area contributed by atoms with Gasteiger partial charge in [-0.2, -0.15) is 0 Å². The Kier molecular flexibility index (Phi) is 6.96. The number of aromatic carboxylic acids is 1. The molecule has 36 heavy (non-hydrogen) atoms. The molecule has 8 nitrogen and oxygen atoms in total. The number of carboxylic acid groups (broad SMARTS) is 1. The number of carboxylic acids is 1. The molecule has 2 aromatic carbocycles. The van der Waals surface area contributed by atoms with Crippen molar-refractivity contribution < 1.29 is 33.8 Å². The van der Waals surface area contributed by atoms with Crippen LogP contribution in [0, 0.1) is 12.8 Å². The highest BCUT2D eigenvalue weighted by Gasteiger charge is 2.47. The summed E-state index contributed by atoms with van der Waals surface area (Å²) in [7, 11) is 0. The molecule has 1 aliphatic heterocycles. The molecule has 2 N–H and O–H groups in total. The van der Waals surface area contributed by atoms with Crippen molar-refractivity contribution in [3.63, 3.8) is 0 Å². The first kappa shape index (κ1) is 24.8. The number of Topliss-reactive ketones (excluding diaryl/α,β-unsaturated/α-hetero) is 1. The van der Waals surface area contributed by atoms with Gasteiger partial charge in [0.05, 0.1) is 24.0 Å². The molecule has 1 saturated heterocycles. The Bertz CT molecular complexity index is 1320. The van der Waals surface area contributed by atoms with Crippen LogP contribution in [0.1, 0.15) is 52.7 Å². The van der Waals surface area contributed by atoms with Crippen LogP contribution in [0.25, 0.3) is 5.76 Å². The van der Waals surface area contributed by atoms with Crippen LogP contribution in [0.2, 0.25) is 0 Å². The molecule has 1 unspecified atom stereocenters. The second-order valence-corrected chi connectivity index (χ2v) is 9.13. The van der Waals surface area contributed by atoms with Gasteiger partial charge in [0.1, 0.15) is 23.3 Å². The minimum absolute atomic E-state index is 0.0215. The van der Waals surface area contributed by atoms with Crippen molar-refractivity contribution >= 4 is 23.4 Å². The standard InChI is InChI=1S/C28H27NO7/c1-16(2)15-36-21-11-10-20(13-17(21)3)25(30)23-24(22-5-4-12-35-22)29(27(32)26(23)31)14-18-6-8-19(9-7-18)28(33)34/h4-13,16,24,30H,14-15H2,1-3H3,(H,33,34)/b25-23-. The van der Waals surface area contributed by atoms with E-state index in [9.17, 15) is 19.5 Å². The third-order valence-electron chi connectivity index (χ3n) is 5.93. The molecule has 0 saturated carbocycles. The monoisotopic (exact) mass is 489 g/mol. The van der Waals surface area contributed by atoms with Gasteiger partial charge < -0.3 is 24.3 Å². The quantitative estimate of drug-likeness (QED) is 0.261. The highest BCUT2D eigenvalue weighted by molar-refractivity contribution is 6.46. The molecule has 1 aromatic heterocycles. The Morgan fingerprint density at radius 2 is 1.75 bits per heavy atom. The number of furan rings is 1. The fourth-order valence-electron chi connectivity index (χ4n) is 4.11. The maximum Gasteiger partial charge on any atom is 0.335 e. The van der Waals surface area contributed by atoms with E-state index in [2.05, 4.69) is 0 Å². The lowest BCUT2D eigenvalue weighted by Crippen LogP contribution is -2.29. The number of hydrogen-bond donors (Lipinski definition) is 2. The number of nitrogens with zero attached hydrogens (tertiary/aromatic N) is 1. The first-order valence-electron chi connectivity index (χ1n) is 11.5. The fraction of sp³-hybridized carbons (Fsp3) is 0.250. The number of amides is 1. The summed E-state index contributed by atoms with van der Waals surface area (Å²) in [6.45, 7) is 6.50. The minimum Gasteiger partial charge on any atom is -0.507 e. The number of aliphatic hydroxyl groups is 1. The lowest BCUT2D eigenvalue weighted by Gasteiger charge is -2.23. The van der Waals surface area contributed by atoms with Crippen LogP contribution in [-0.4, -0.2) is 39.4 Å². The highest BCUT2D eigenvalue weighted by atomic mass is 16.5. The predicted molar refractivity (Wildman–Crippen MR) is 131 cm³/mol. The summed E-state index contributed by atoms with van der Waals surface area (Å²) in [4.78, 5) is 38.7. The van der Waals surface area contributed by atoms with Gasteiger partial charge in [0, 0.05) is 12.1 Å². The van der Waals surface area contributed by atoms with Gasteiger partial charge in [-0.1, -0.05) is 26.0 Å². The summed E-state index contributed by atoms with van der Waals surface area (Å²) in [6, 6.07) is 13.5. The third kappa shape index (κ3) is 4.88. The Hall–Kier alpha value is -4.33. The van der Waals surface area contributed by atoms with Gasteiger partial charge in [0.15, 0.2) is 0 Å². The van der Waals surface area contributed by atoms with Crippen LogP contribution in [0.15, 0.2) is 70.9 Å². The van der Waals surface area contributed by atoms with Crippen molar-refractivity contribution in [2.45, 2.75) is 33.4 Å². The zero-order valence-corrected chi connectivity index (χ0v) is 20.2. The van der Waals surface area contributed by atoms with E-state index < -0.39 is 23.7 Å². The normalized spacial score (nSPS) is 17.1. The number of carbonyl (C=O) groups is 3.